The van der Waals surface area contributed by atoms with Gasteiger partial charge in [0.05, 0.1) is 12.5 Å². The van der Waals surface area contributed by atoms with Gasteiger partial charge in [0.25, 0.3) is 0 Å². The zero-order valence-corrected chi connectivity index (χ0v) is 8.36. The minimum Gasteiger partial charge on any atom is -0.368 e. The lowest BCUT2D eigenvalue weighted by molar-refractivity contribution is 0.874. The quantitative estimate of drug-likeness (QED) is 0.761. The Labute approximate surface area is 83.2 Å². The smallest absolute Gasteiger partial charge is 0.221 e. The van der Waals surface area contributed by atoms with Crippen LogP contribution >= 0.6 is 0 Å². The Morgan fingerprint density at radius 3 is 3.00 bits per heavy atom. The Balaban J connectivity index is 2.83. The van der Waals surface area contributed by atoms with Crippen molar-refractivity contribution in [2.45, 2.75) is 13.3 Å². The molecule has 1 aromatic rings. The van der Waals surface area contributed by atoms with Crippen LogP contribution in [0.25, 0.3) is 0 Å². The van der Waals surface area contributed by atoms with E-state index in [2.05, 4.69) is 16.0 Å². The second-order valence-electron chi connectivity index (χ2n) is 3.06. The normalized spacial score (nSPS) is 9.50. The molecular weight excluding hydrogens is 178 g/mol. The lowest BCUT2D eigenvalue weighted by Crippen LogP contribution is -2.21. The van der Waals surface area contributed by atoms with Crippen LogP contribution in [0.1, 0.15) is 12.0 Å². The highest BCUT2D eigenvalue weighted by atomic mass is 15.2. The highest BCUT2D eigenvalue weighted by molar-refractivity contribution is 5.47. The number of nitriles is 1. The highest BCUT2D eigenvalue weighted by Crippen LogP contribution is 2.15. The van der Waals surface area contributed by atoms with Crippen molar-refractivity contribution in [1.29, 1.82) is 5.26 Å². The van der Waals surface area contributed by atoms with E-state index in [4.69, 9.17) is 11.0 Å². The fraction of sp³-hybridized carbons (Fsp3) is 0.444. The maximum absolute atomic E-state index is 8.45. The van der Waals surface area contributed by atoms with Gasteiger partial charge in [-0.05, 0) is 6.92 Å². The van der Waals surface area contributed by atoms with Crippen LogP contribution in [0, 0.1) is 18.3 Å². The summed E-state index contributed by atoms with van der Waals surface area (Å²) in [5, 5.41) is 8.45. The third-order valence-corrected chi connectivity index (χ3v) is 1.88. The van der Waals surface area contributed by atoms with E-state index in [1.807, 2.05) is 18.9 Å². The van der Waals surface area contributed by atoms with Crippen molar-refractivity contribution < 1.29 is 0 Å². The van der Waals surface area contributed by atoms with E-state index in [0.29, 0.717) is 13.0 Å². The van der Waals surface area contributed by atoms with E-state index in [1.54, 1.807) is 6.20 Å². The summed E-state index contributed by atoms with van der Waals surface area (Å²) in [6.07, 6.45) is 2.15. The number of nitrogens with two attached hydrogens (primary N) is 1. The van der Waals surface area contributed by atoms with Gasteiger partial charge in [-0.15, -0.1) is 0 Å². The van der Waals surface area contributed by atoms with E-state index >= 15 is 0 Å². The summed E-state index contributed by atoms with van der Waals surface area (Å²) in [7, 11) is 1.88. The van der Waals surface area contributed by atoms with Crippen LogP contribution in [-0.2, 0) is 0 Å². The molecular formula is C9H13N5. The number of rotatable bonds is 3. The Morgan fingerprint density at radius 1 is 1.64 bits per heavy atom. The summed E-state index contributed by atoms with van der Waals surface area (Å²) in [6, 6.07) is 2.09. The van der Waals surface area contributed by atoms with Gasteiger partial charge in [0.15, 0.2) is 0 Å². The second kappa shape index (κ2) is 4.42. The molecule has 0 atom stereocenters. The molecule has 0 fully saturated rings. The molecule has 74 valence electrons. The number of nitrogen functional groups attached to an aromatic ring is 1. The average Bonchev–Trinajstić information content (AvgIpc) is 2.18. The second-order valence-corrected chi connectivity index (χ2v) is 3.06. The van der Waals surface area contributed by atoms with E-state index < -0.39 is 0 Å². The molecule has 0 unspecified atom stereocenters. The molecule has 5 heteroatoms. The molecule has 1 heterocycles. The number of nitrogens with zero attached hydrogens (tertiary/aromatic N) is 4. The van der Waals surface area contributed by atoms with Crippen molar-refractivity contribution in [2.75, 3.05) is 24.2 Å². The van der Waals surface area contributed by atoms with Gasteiger partial charge in [-0.25, -0.2) is 4.98 Å². The monoisotopic (exact) mass is 191 g/mol. The summed E-state index contributed by atoms with van der Waals surface area (Å²) in [6.45, 7) is 2.56. The van der Waals surface area contributed by atoms with Gasteiger partial charge in [0.2, 0.25) is 5.95 Å². The summed E-state index contributed by atoms with van der Waals surface area (Å²) in [4.78, 5) is 9.89. The zero-order valence-electron chi connectivity index (χ0n) is 8.36. The van der Waals surface area contributed by atoms with Crippen molar-refractivity contribution in [3.63, 3.8) is 0 Å². The lowest BCUT2D eigenvalue weighted by Gasteiger charge is -2.18. The van der Waals surface area contributed by atoms with Gasteiger partial charge in [0, 0.05) is 25.4 Å². The van der Waals surface area contributed by atoms with Crippen LogP contribution in [0.2, 0.25) is 0 Å². The first-order chi connectivity index (χ1) is 6.65. The standard InChI is InChI=1S/C9H13N5/c1-7-6-12-9(11)13-8(7)14(2)5-3-4-10/h6H,3,5H2,1-2H3,(H2,11,12,13). The topological polar surface area (TPSA) is 78.8 Å². The Bertz CT molecular complexity index is 355. The highest BCUT2D eigenvalue weighted by Gasteiger charge is 2.06. The average molecular weight is 191 g/mol. The van der Waals surface area contributed by atoms with Crippen LogP contribution in [0.5, 0.6) is 0 Å². The Kier molecular flexibility index (Phi) is 3.24. The number of hydrogen-bond acceptors (Lipinski definition) is 5. The molecule has 0 saturated heterocycles. The van der Waals surface area contributed by atoms with Crippen molar-refractivity contribution in [3.8, 4) is 6.07 Å². The Hall–Kier alpha value is -1.83. The van der Waals surface area contributed by atoms with E-state index in [0.717, 1.165) is 11.4 Å². The minimum absolute atomic E-state index is 0.259. The van der Waals surface area contributed by atoms with Gasteiger partial charge < -0.3 is 10.6 Å². The third kappa shape index (κ3) is 2.33. The molecule has 5 nitrogen and oxygen atoms in total. The summed E-state index contributed by atoms with van der Waals surface area (Å²) in [5.41, 5.74) is 6.44. The van der Waals surface area contributed by atoms with Gasteiger partial charge in [-0.3, -0.25) is 0 Å². The molecule has 0 aromatic carbocycles. The van der Waals surface area contributed by atoms with Crippen LogP contribution < -0.4 is 10.6 Å². The molecule has 0 aliphatic heterocycles. The first-order valence-corrected chi connectivity index (χ1v) is 4.32. The maximum Gasteiger partial charge on any atom is 0.221 e. The number of aromatic nitrogens is 2. The summed E-state index contributed by atoms with van der Waals surface area (Å²) < 4.78 is 0. The van der Waals surface area contributed by atoms with E-state index in [9.17, 15) is 0 Å². The van der Waals surface area contributed by atoms with Crippen LogP contribution in [0.3, 0.4) is 0 Å². The van der Waals surface area contributed by atoms with E-state index in [-0.39, 0.29) is 5.95 Å². The fourth-order valence-electron chi connectivity index (χ4n) is 1.16. The van der Waals surface area contributed by atoms with Crippen LogP contribution in [0.15, 0.2) is 6.20 Å². The predicted octanol–water partition coefficient (Wildman–Crippen LogP) is 0.717. The largest absolute Gasteiger partial charge is 0.368 e. The fourth-order valence-corrected chi connectivity index (χ4v) is 1.16. The van der Waals surface area contributed by atoms with Gasteiger partial charge in [-0.2, -0.15) is 10.2 Å². The maximum atomic E-state index is 8.45. The van der Waals surface area contributed by atoms with Crippen molar-refractivity contribution in [2.24, 2.45) is 0 Å². The predicted molar refractivity (Wildman–Crippen MR) is 54.7 cm³/mol. The third-order valence-electron chi connectivity index (χ3n) is 1.88. The first-order valence-electron chi connectivity index (χ1n) is 4.32. The molecule has 0 spiro atoms. The van der Waals surface area contributed by atoms with Gasteiger partial charge in [0.1, 0.15) is 5.82 Å². The number of anilines is 2. The van der Waals surface area contributed by atoms with E-state index in [1.165, 1.54) is 0 Å². The van der Waals surface area contributed by atoms with Crippen molar-refractivity contribution >= 4 is 11.8 Å². The SMILES string of the molecule is Cc1cnc(N)nc1N(C)CCC#N. The molecule has 1 aromatic heterocycles. The molecule has 1 rings (SSSR count). The zero-order chi connectivity index (χ0) is 10.6. The summed E-state index contributed by atoms with van der Waals surface area (Å²) in [5.74, 6) is 1.04. The number of aryl methyl sites for hydroxylation is 1. The first kappa shape index (κ1) is 10.3. The molecule has 0 amide bonds. The summed E-state index contributed by atoms with van der Waals surface area (Å²) >= 11 is 0. The lowest BCUT2D eigenvalue weighted by atomic mass is 10.3. The van der Waals surface area contributed by atoms with Crippen molar-refractivity contribution in [1.82, 2.24) is 9.97 Å². The molecule has 0 aliphatic carbocycles. The molecule has 0 radical (unpaired) electrons. The van der Waals surface area contributed by atoms with Gasteiger partial charge >= 0.3 is 0 Å². The molecule has 0 aliphatic rings. The molecule has 14 heavy (non-hydrogen) atoms. The minimum atomic E-state index is 0.259. The molecule has 0 saturated carbocycles. The molecule has 2 N–H and O–H groups in total. The Morgan fingerprint density at radius 2 is 2.36 bits per heavy atom. The number of hydrogen-bond donors (Lipinski definition) is 1. The van der Waals surface area contributed by atoms with Gasteiger partial charge in [-0.1, -0.05) is 0 Å². The van der Waals surface area contributed by atoms with Crippen LogP contribution in [-0.4, -0.2) is 23.6 Å². The molecule has 0 bridgehead atoms. The van der Waals surface area contributed by atoms with Crippen LogP contribution in [0.4, 0.5) is 11.8 Å². The van der Waals surface area contributed by atoms with Crippen molar-refractivity contribution in [3.05, 3.63) is 11.8 Å².